The summed E-state index contributed by atoms with van der Waals surface area (Å²) in [6.07, 6.45) is 0.961. The monoisotopic (exact) mass is 401 g/mol. The number of aromatic nitrogens is 3. The zero-order chi connectivity index (χ0) is 19.2. The van der Waals surface area contributed by atoms with Crippen molar-refractivity contribution in [2.75, 3.05) is 5.75 Å². The second kappa shape index (κ2) is 9.06. The van der Waals surface area contributed by atoms with Gasteiger partial charge in [0.15, 0.2) is 16.8 Å². The van der Waals surface area contributed by atoms with Gasteiger partial charge in [-0.05, 0) is 36.2 Å². The Morgan fingerprint density at radius 2 is 1.81 bits per heavy atom. The summed E-state index contributed by atoms with van der Waals surface area (Å²) in [6, 6.07) is 14.9. The Hall–Kier alpha value is -2.31. The first-order valence-electron chi connectivity index (χ1n) is 8.58. The molecule has 7 heteroatoms. The van der Waals surface area contributed by atoms with Crippen LogP contribution in [0.4, 0.5) is 0 Å². The number of aryl methyl sites for hydroxylation is 1. The van der Waals surface area contributed by atoms with Crippen LogP contribution < -0.4 is 4.74 Å². The molecule has 0 aliphatic heterocycles. The van der Waals surface area contributed by atoms with Crippen LogP contribution in [0.25, 0.3) is 0 Å². The molecule has 0 spiro atoms. The molecular formula is C20H20ClN3O2S. The molecule has 0 fully saturated rings. The zero-order valence-corrected chi connectivity index (χ0v) is 16.8. The number of rotatable bonds is 8. The van der Waals surface area contributed by atoms with E-state index in [0.717, 1.165) is 6.42 Å². The van der Waals surface area contributed by atoms with Gasteiger partial charge in [-0.15, -0.1) is 10.2 Å². The molecule has 27 heavy (non-hydrogen) atoms. The molecule has 1 aromatic heterocycles. The van der Waals surface area contributed by atoms with Crippen molar-refractivity contribution in [1.29, 1.82) is 0 Å². The number of benzene rings is 2. The maximum absolute atomic E-state index is 12.4. The minimum Gasteiger partial charge on any atom is -0.486 e. The van der Waals surface area contributed by atoms with Gasteiger partial charge >= 0.3 is 0 Å². The summed E-state index contributed by atoms with van der Waals surface area (Å²) in [5.74, 6) is 1.79. The molecule has 0 atom stereocenters. The number of ether oxygens (including phenoxy) is 1. The minimum atomic E-state index is 0.0737. The van der Waals surface area contributed by atoms with Crippen molar-refractivity contribution in [3.8, 4) is 5.75 Å². The van der Waals surface area contributed by atoms with Crippen LogP contribution in [0.3, 0.4) is 0 Å². The molecule has 0 bridgehead atoms. The first-order chi connectivity index (χ1) is 13.1. The van der Waals surface area contributed by atoms with Crippen LogP contribution in [0.2, 0.25) is 5.02 Å². The molecule has 5 nitrogen and oxygen atoms in total. The third-order valence-electron chi connectivity index (χ3n) is 4.12. The Kier molecular flexibility index (Phi) is 6.53. The van der Waals surface area contributed by atoms with Crippen molar-refractivity contribution in [2.45, 2.75) is 25.1 Å². The van der Waals surface area contributed by atoms with Gasteiger partial charge in [-0.1, -0.05) is 54.6 Å². The van der Waals surface area contributed by atoms with E-state index < -0.39 is 0 Å². The van der Waals surface area contributed by atoms with E-state index in [4.69, 9.17) is 16.3 Å². The molecule has 3 rings (SSSR count). The van der Waals surface area contributed by atoms with Crippen molar-refractivity contribution in [3.05, 3.63) is 70.5 Å². The largest absolute Gasteiger partial charge is 0.486 e. The fourth-order valence-corrected chi connectivity index (χ4v) is 3.37. The summed E-state index contributed by atoms with van der Waals surface area (Å²) in [5, 5.41) is 9.65. The highest BCUT2D eigenvalue weighted by molar-refractivity contribution is 7.99. The molecule has 2 aromatic carbocycles. The number of Topliss-reactive ketones (excluding diaryl/α,β-unsaturated/α-hetero) is 1. The van der Waals surface area contributed by atoms with Gasteiger partial charge in [0.1, 0.15) is 12.4 Å². The van der Waals surface area contributed by atoms with Crippen LogP contribution >= 0.6 is 23.4 Å². The first-order valence-corrected chi connectivity index (χ1v) is 9.94. The van der Waals surface area contributed by atoms with E-state index >= 15 is 0 Å². The van der Waals surface area contributed by atoms with Crippen LogP contribution in [-0.4, -0.2) is 26.3 Å². The zero-order valence-electron chi connectivity index (χ0n) is 15.2. The van der Waals surface area contributed by atoms with E-state index in [1.165, 1.54) is 17.3 Å². The molecule has 0 N–H and O–H groups in total. The predicted molar refractivity (Wildman–Crippen MR) is 108 cm³/mol. The van der Waals surface area contributed by atoms with Gasteiger partial charge in [-0.2, -0.15) is 0 Å². The van der Waals surface area contributed by atoms with Crippen LogP contribution in [0, 0.1) is 0 Å². The molecule has 0 saturated heterocycles. The van der Waals surface area contributed by atoms with Crippen LogP contribution in [0.5, 0.6) is 5.75 Å². The topological polar surface area (TPSA) is 57.0 Å². The van der Waals surface area contributed by atoms with Gasteiger partial charge < -0.3 is 9.30 Å². The average molecular weight is 402 g/mol. The number of hydrogen-bond donors (Lipinski definition) is 0. The Labute approximate surface area is 167 Å². The number of ketones is 1. The van der Waals surface area contributed by atoms with E-state index in [2.05, 4.69) is 17.1 Å². The van der Waals surface area contributed by atoms with Crippen molar-refractivity contribution in [1.82, 2.24) is 14.8 Å². The number of nitrogens with zero attached hydrogens (tertiary/aromatic N) is 3. The molecule has 0 amide bonds. The highest BCUT2D eigenvalue weighted by Crippen LogP contribution is 2.20. The third-order valence-corrected chi connectivity index (χ3v) is 5.40. The summed E-state index contributed by atoms with van der Waals surface area (Å²) in [5.41, 5.74) is 1.94. The van der Waals surface area contributed by atoms with Gasteiger partial charge in [0, 0.05) is 17.6 Å². The Balaban J connectivity index is 1.56. The molecule has 0 aliphatic carbocycles. The number of thioether (sulfide) groups is 1. The first kappa shape index (κ1) is 19.5. The maximum Gasteiger partial charge on any atom is 0.191 e. The van der Waals surface area contributed by atoms with Crippen LogP contribution in [-0.2, 0) is 20.1 Å². The van der Waals surface area contributed by atoms with Gasteiger partial charge in [0.25, 0.3) is 0 Å². The second-order valence-electron chi connectivity index (χ2n) is 5.96. The number of hydrogen-bond acceptors (Lipinski definition) is 5. The molecule has 1 heterocycles. The minimum absolute atomic E-state index is 0.0737. The molecule has 0 aliphatic rings. The van der Waals surface area contributed by atoms with Crippen LogP contribution in [0.1, 0.15) is 28.7 Å². The van der Waals surface area contributed by atoms with Gasteiger partial charge in [-0.3, -0.25) is 4.79 Å². The highest BCUT2D eigenvalue weighted by Gasteiger charge is 2.13. The summed E-state index contributed by atoms with van der Waals surface area (Å²) < 4.78 is 7.54. The Bertz CT molecular complexity index is 908. The summed E-state index contributed by atoms with van der Waals surface area (Å²) in [4.78, 5) is 12.4. The third kappa shape index (κ3) is 5.11. The van der Waals surface area contributed by atoms with E-state index in [0.29, 0.717) is 33.1 Å². The van der Waals surface area contributed by atoms with Crippen molar-refractivity contribution in [2.24, 2.45) is 7.05 Å². The van der Waals surface area contributed by atoms with Crippen LogP contribution in [0.15, 0.2) is 53.7 Å². The van der Waals surface area contributed by atoms with Gasteiger partial charge in [0.2, 0.25) is 0 Å². The second-order valence-corrected chi connectivity index (χ2v) is 7.34. The fourth-order valence-electron chi connectivity index (χ4n) is 2.41. The number of halogens is 1. The van der Waals surface area contributed by atoms with Crippen molar-refractivity contribution in [3.63, 3.8) is 0 Å². The lowest BCUT2D eigenvalue weighted by Gasteiger charge is -2.06. The fraction of sp³-hybridized carbons (Fsp3) is 0.250. The molecule has 0 radical (unpaired) electrons. The summed E-state index contributed by atoms with van der Waals surface area (Å²) >= 11 is 7.24. The Morgan fingerprint density at radius 1 is 1.11 bits per heavy atom. The molecule has 0 unspecified atom stereocenters. The maximum atomic E-state index is 12.4. The molecule has 3 aromatic rings. The smallest absolute Gasteiger partial charge is 0.191 e. The highest BCUT2D eigenvalue weighted by atomic mass is 35.5. The lowest BCUT2D eigenvalue weighted by atomic mass is 10.1. The lowest BCUT2D eigenvalue weighted by Crippen LogP contribution is -2.06. The summed E-state index contributed by atoms with van der Waals surface area (Å²) in [6.45, 7) is 2.38. The van der Waals surface area contributed by atoms with Crippen molar-refractivity contribution < 1.29 is 9.53 Å². The van der Waals surface area contributed by atoms with E-state index in [1.807, 2.05) is 35.9 Å². The Morgan fingerprint density at radius 3 is 2.48 bits per heavy atom. The lowest BCUT2D eigenvalue weighted by molar-refractivity contribution is 0.102. The van der Waals surface area contributed by atoms with Gasteiger partial charge in [-0.25, -0.2) is 0 Å². The number of carbonyl (C=O) groups is 1. The molecular weight excluding hydrogens is 382 g/mol. The predicted octanol–water partition coefficient (Wildman–Crippen LogP) is 4.58. The van der Waals surface area contributed by atoms with E-state index in [-0.39, 0.29) is 12.4 Å². The molecule has 140 valence electrons. The SMILES string of the molecule is CCc1ccc(C(=O)CSc2nnc(COc3ccc(Cl)cc3)n2C)cc1. The standard InChI is InChI=1S/C20H20ClN3O2S/c1-3-14-4-6-15(7-5-14)18(25)13-27-20-23-22-19(24(20)2)12-26-17-10-8-16(21)9-11-17/h4-11H,3,12-13H2,1-2H3. The molecule has 0 saturated carbocycles. The summed E-state index contributed by atoms with van der Waals surface area (Å²) in [7, 11) is 1.86. The van der Waals surface area contributed by atoms with Gasteiger partial charge in [0.05, 0.1) is 5.75 Å². The normalized spacial score (nSPS) is 10.8. The van der Waals surface area contributed by atoms with Crippen molar-refractivity contribution >= 4 is 29.1 Å². The average Bonchev–Trinajstić information content (AvgIpc) is 3.05. The van der Waals surface area contributed by atoms with E-state index in [1.54, 1.807) is 24.3 Å². The number of carbonyl (C=O) groups excluding carboxylic acids is 1. The quantitative estimate of drug-likeness (QED) is 0.408. The van der Waals surface area contributed by atoms with E-state index in [9.17, 15) is 4.79 Å².